The van der Waals surface area contributed by atoms with Gasteiger partial charge in [-0.3, -0.25) is 0 Å². The Hall–Kier alpha value is -3.55. The number of anilines is 3. The number of nitrogens with one attached hydrogen (secondary N) is 1. The molecule has 1 aliphatic heterocycles. The summed E-state index contributed by atoms with van der Waals surface area (Å²) in [6, 6.07) is 18.7. The van der Waals surface area contributed by atoms with Gasteiger partial charge in [0.15, 0.2) is 0 Å². The van der Waals surface area contributed by atoms with Crippen molar-refractivity contribution in [2.45, 2.75) is 12.5 Å². The molecule has 168 valence electrons. The van der Waals surface area contributed by atoms with E-state index >= 15 is 0 Å². The summed E-state index contributed by atoms with van der Waals surface area (Å²) in [6.07, 6.45) is 2.63. The Bertz CT molecular complexity index is 1280. The first-order valence-electron chi connectivity index (χ1n) is 10.7. The van der Waals surface area contributed by atoms with Crippen LogP contribution in [-0.2, 0) is 0 Å². The van der Waals surface area contributed by atoms with Crippen LogP contribution in [0.25, 0.3) is 10.9 Å². The van der Waals surface area contributed by atoms with Crippen LogP contribution in [0, 0.1) is 0 Å². The molecule has 8 heteroatoms. The monoisotopic (exact) mass is 461 g/mol. The fourth-order valence-electron chi connectivity index (χ4n) is 3.89. The minimum atomic E-state index is 0.132. The number of halogens is 1. The lowest BCUT2D eigenvalue weighted by Crippen LogP contribution is -2.21. The molecule has 0 unspecified atom stereocenters. The Balaban J connectivity index is 1.37. The summed E-state index contributed by atoms with van der Waals surface area (Å²) < 4.78 is 12.0. The SMILES string of the molecule is CN1CC[C@@H](Oc2cc3ncnc(Nc4ccc(Oc5ccccc5)c(Cl)c4)c3cc2N)C1. The number of nitrogen functional groups attached to an aromatic ring is 1. The molecule has 0 radical (unpaired) electrons. The second-order valence-corrected chi connectivity index (χ2v) is 8.51. The number of hydrogen-bond donors (Lipinski definition) is 2. The molecule has 1 aromatic heterocycles. The predicted molar refractivity (Wildman–Crippen MR) is 132 cm³/mol. The van der Waals surface area contributed by atoms with Crippen LogP contribution in [0.4, 0.5) is 17.2 Å². The molecule has 5 rings (SSSR count). The van der Waals surface area contributed by atoms with E-state index in [0.29, 0.717) is 28.0 Å². The second-order valence-electron chi connectivity index (χ2n) is 8.11. The number of likely N-dealkylation sites (tertiary alicyclic amines) is 1. The third-order valence-electron chi connectivity index (χ3n) is 5.57. The molecule has 1 aliphatic rings. The van der Waals surface area contributed by atoms with Crippen molar-refractivity contribution in [1.29, 1.82) is 0 Å². The van der Waals surface area contributed by atoms with Gasteiger partial charge in [-0.15, -0.1) is 0 Å². The average Bonchev–Trinajstić information content (AvgIpc) is 3.22. The first-order valence-corrected chi connectivity index (χ1v) is 11.1. The van der Waals surface area contributed by atoms with Gasteiger partial charge in [-0.1, -0.05) is 29.8 Å². The minimum Gasteiger partial charge on any atom is -0.487 e. The molecule has 2 heterocycles. The van der Waals surface area contributed by atoms with Crippen LogP contribution in [0.3, 0.4) is 0 Å². The summed E-state index contributed by atoms with van der Waals surface area (Å²) >= 11 is 6.46. The summed E-state index contributed by atoms with van der Waals surface area (Å²) in [7, 11) is 2.09. The highest BCUT2D eigenvalue weighted by atomic mass is 35.5. The second kappa shape index (κ2) is 9.13. The molecule has 0 amide bonds. The number of para-hydroxylation sites is 1. The summed E-state index contributed by atoms with van der Waals surface area (Å²) in [6.45, 7) is 1.91. The summed E-state index contributed by atoms with van der Waals surface area (Å²) in [5.74, 6) is 2.58. The van der Waals surface area contributed by atoms with E-state index in [1.807, 2.05) is 54.6 Å². The first-order chi connectivity index (χ1) is 16.0. The van der Waals surface area contributed by atoms with Crippen LogP contribution in [-0.4, -0.2) is 41.1 Å². The van der Waals surface area contributed by atoms with Crippen molar-refractivity contribution in [2.75, 3.05) is 31.2 Å². The highest BCUT2D eigenvalue weighted by molar-refractivity contribution is 6.32. The van der Waals surface area contributed by atoms with E-state index in [4.69, 9.17) is 26.8 Å². The fourth-order valence-corrected chi connectivity index (χ4v) is 4.11. The number of likely N-dealkylation sites (N-methyl/N-ethyl adjacent to an activating group) is 1. The van der Waals surface area contributed by atoms with Gasteiger partial charge in [0.25, 0.3) is 0 Å². The average molecular weight is 462 g/mol. The first kappa shape index (κ1) is 21.3. The van der Waals surface area contributed by atoms with Gasteiger partial charge in [0.2, 0.25) is 0 Å². The van der Waals surface area contributed by atoms with Gasteiger partial charge in [0.05, 0.1) is 16.2 Å². The van der Waals surface area contributed by atoms with Crippen molar-refractivity contribution in [3.05, 3.63) is 72.0 Å². The van der Waals surface area contributed by atoms with E-state index in [9.17, 15) is 0 Å². The third kappa shape index (κ3) is 4.79. The lowest BCUT2D eigenvalue weighted by atomic mass is 10.2. The number of rotatable bonds is 6. The summed E-state index contributed by atoms with van der Waals surface area (Å²) in [5, 5.41) is 4.59. The van der Waals surface area contributed by atoms with Crippen LogP contribution in [0.15, 0.2) is 67.0 Å². The van der Waals surface area contributed by atoms with Crippen molar-refractivity contribution >= 4 is 39.7 Å². The van der Waals surface area contributed by atoms with Crippen LogP contribution >= 0.6 is 11.6 Å². The Labute approximate surface area is 197 Å². The highest BCUT2D eigenvalue weighted by Gasteiger charge is 2.22. The maximum Gasteiger partial charge on any atom is 0.146 e. The van der Waals surface area contributed by atoms with E-state index in [2.05, 4.69) is 27.2 Å². The van der Waals surface area contributed by atoms with E-state index < -0.39 is 0 Å². The zero-order chi connectivity index (χ0) is 22.8. The molecule has 1 atom stereocenters. The normalized spacial score (nSPS) is 16.1. The molecule has 4 aromatic rings. The van der Waals surface area contributed by atoms with Crippen LogP contribution in [0.5, 0.6) is 17.2 Å². The molecule has 1 saturated heterocycles. The van der Waals surface area contributed by atoms with Crippen molar-refractivity contribution < 1.29 is 9.47 Å². The van der Waals surface area contributed by atoms with E-state index in [-0.39, 0.29) is 6.10 Å². The number of benzene rings is 3. The molecule has 0 bridgehead atoms. The number of nitrogens with two attached hydrogens (primary N) is 1. The van der Waals surface area contributed by atoms with Gasteiger partial charge in [0.1, 0.15) is 35.5 Å². The standard InChI is InChI=1S/C25H24ClN5O2/c1-31-10-9-18(14-31)33-24-13-22-19(12-21(24)27)25(29-15-28-22)30-16-7-8-23(20(26)11-16)32-17-5-3-2-4-6-17/h2-8,11-13,15,18H,9-10,14,27H2,1H3,(H,28,29,30)/t18-/m1/s1. The third-order valence-corrected chi connectivity index (χ3v) is 5.87. The molecule has 1 fully saturated rings. The predicted octanol–water partition coefficient (Wildman–Crippen LogP) is 5.48. The molecule has 3 aromatic carbocycles. The van der Waals surface area contributed by atoms with Crippen LogP contribution in [0.2, 0.25) is 5.02 Å². The van der Waals surface area contributed by atoms with E-state index in [1.165, 1.54) is 6.33 Å². The molecular weight excluding hydrogens is 438 g/mol. The van der Waals surface area contributed by atoms with Crippen LogP contribution in [0.1, 0.15) is 6.42 Å². The maximum atomic E-state index is 6.46. The Morgan fingerprint density at radius 2 is 1.91 bits per heavy atom. The summed E-state index contributed by atoms with van der Waals surface area (Å²) in [5.41, 5.74) is 8.39. The van der Waals surface area contributed by atoms with Crippen LogP contribution < -0.4 is 20.5 Å². The fraction of sp³-hybridized carbons (Fsp3) is 0.200. The number of aromatic nitrogens is 2. The molecule has 0 aliphatic carbocycles. The van der Waals surface area contributed by atoms with Gasteiger partial charge < -0.3 is 25.4 Å². The zero-order valence-electron chi connectivity index (χ0n) is 18.2. The molecule has 33 heavy (non-hydrogen) atoms. The molecule has 3 N–H and O–H groups in total. The molecular formula is C25H24ClN5O2. The topological polar surface area (TPSA) is 85.5 Å². The lowest BCUT2D eigenvalue weighted by molar-refractivity contribution is 0.209. The lowest BCUT2D eigenvalue weighted by Gasteiger charge is -2.17. The summed E-state index contributed by atoms with van der Waals surface area (Å²) in [4.78, 5) is 11.1. The van der Waals surface area contributed by atoms with Gasteiger partial charge in [-0.05, 0) is 49.9 Å². The highest BCUT2D eigenvalue weighted by Crippen LogP contribution is 2.35. The van der Waals surface area contributed by atoms with E-state index in [0.717, 1.165) is 41.9 Å². The van der Waals surface area contributed by atoms with E-state index in [1.54, 1.807) is 6.07 Å². The number of fused-ring (bicyclic) bond motifs is 1. The number of ether oxygens (including phenoxy) is 2. The minimum absolute atomic E-state index is 0.132. The molecule has 0 spiro atoms. The number of nitrogens with zero attached hydrogens (tertiary/aromatic N) is 3. The van der Waals surface area contributed by atoms with Crippen molar-refractivity contribution in [3.8, 4) is 17.2 Å². The Morgan fingerprint density at radius 3 is 2.67 bits per heavy atom. The van der Waals surface area contributed by atoms with Gasteiger partial charge in [-0.2, -0.15) is 0 Å². The quantitative estimate of drug-likeness (QED) is 0.367. The zero-order valence-corrected chi connectivity index (χ0v) is 18.9. The molecule has 0 saturated carbocycles. The van der Waals surface area contributed by atoms with Gasteiger partial charge >= 0.3 is 0 Å². The largest absolute Gasteiger partial charge is 0.487 e. The van der Waals surface area contributed by atoms with Gasteiger partial charge in [-0.25, -0.2) is 9.97 Å². The number of hydrogen-bond acceptors (Lipinski definition) is 7. The van der Waals surface area contributed by atoms with Crippen molar-refractivity contribution in [3.63, 3.8) is 0 Å². The Kier molecular flexibility index (Phi) is 5.90. The maximum absolute atomic E-state index is 6.46. The molecule has 7 nitrogen and oxygen atoms in total. The smallest absolute Gasteiger partial charge is 0.146 e. The Morgan fingerprint density at radius 1 is 1.06 bits per heavy atom. The van der Waals surface area contributed by atoms with Crippen molar-refractivity contribution in [2.24, 2.45) is 0 Å². The van der Waals surface area contributed by atoms with Crippen molar-refractivity contribution in [1.82, 2.24) is 14.9 Å². The van der Waals surface area contributed by atoms with Gasteiger partial charge in [0, 0.05) is 30.2 Å².